The summed E-state index contributed by atoms with van der Waals surface area (Å²) >= 11 is 0. The largest absolute Gasteiger partial charge is 0.494 e. The molecule has 0 fully saturated rings. The van der Waals surface area contributed by atoms with Crippen molar-refractivity contribution in [2.45, 2.75) is 46.5 Å². The number of rotatable bonds is 7. The van der Waals surface area contributed by atoms with E-state index in [2.05, 4.69) is 43.1 Å². The number of aromatic amines is 1. The Labute approximate surface area is 133 Å². The molecule has 1 N–H and O–H groups in total. The van der Waals surface area contributed by atoms with Gasteiger partial charge in [0.2, 0.25) is 0 Å². The van der Waals surface area contributed by atoms with E-state index in [-0.39, 0.29) is 12.4 Å². The van der Waals surface area contributed by atoms with Gasteiger partial charge in [0.1, 0.15) is 5.75 Å². The molecule has 0 saturated carbocycles. The second-order valence-corrected chi connectivity index (χ2v) is 5.38. The number of nitrogens with one attached hydrogen (secondary N) is 1. The summed E-state index contributed by atoms with van der Waals surface area (Å²) in [6, 6.07) is 8.24. The van der Waals surface area contributed by atoms with Gasteiger partial charge in [0.25, 0.3) is 0 Å². The van der Waals surface area contributed by atoms with E-state index in [1.165, 1.54) is 29.7 Å². The third kappa shape index (κ3) is 5.43. The van der Waals surface area contributed by atoms with Crippen molar-refractivity contribution in [3.63, 3.8) is 0 Å². The predicted octanol–water partition coefficient (Wildman–Crippen LogP) is 4.55. The van der Waals surface area contributed by atoms with Gasteiger partial charge >= 0.3 is 0 Å². The van der Waals surface area contributed by atoms with Gasteiger partial charge in [0, 0.05) is 5.69 Å². The molecule has 2 aromatic rings. The minimum Gasteiger partial charge on any atom is -0.494 e. The van der Waals surface area contributed by atoms with Gasteiger partial charge in [0.15, 0.2) is 0 Å². The van der Waals surface area contributed by atoms with Crippen LogP contribution in [-0.4, -0.2) is 16.8 Å². The maximum absolute atomic E-state index is 5.73. The molecule has 21 heavy (non-hydrogen) atoms. The number of aromatic nitrogens is 2. The molecule has 4 heteroatoms. The number of benzene rings is 1. The molecular formula is C17H25ClN2O. The van der Waals surface area contributed by atoms with E-state index in [1.807, 2.05) is 12.1 Å². The van der Waals surface area contributed by atoms with Crippen LogP contribution >= 0.6 is 12.4 Å². The molecule has 0 atom stereocenters. The van der Waals surface area contributed by atoms with Crippen LogP contribution in [0.2, 0.25) is 0 Å². The molecule has 0 bridgehead atoms. The second kappa shape index (κ2) is 8.73. The van der Waals surface area contributed by atoms with Crippen LogP contribution in [0.3, 0.4) is 0 Å². The Balaban J connectivity index is 0.00000220. The summed E-state index contributed by atoms with van der Waals surface area (Å²) in [5.41, 5.74) is 4.99. The first-order valence-electron chi connectivity index (χ1n) is 7.36. The number of nitrogens with zero attached hydrogens (tertiary/aromatic N) is 1. The second-order valence-electron chi connectivity index (χ2n) is 5.38. The summed E-state index contributed by atoms with van der Waals surface area (Å²) in [6.07, 6.45) is 4.59. The van der Waals surface area contributed by atoms with Crippen LogP contribution in [0.1, 0.15) is 41.8 Å². The average Bonchev–Trinajstić information content (AvgIpc) is 2.76. The van der Waals surface area contributed by atoms with Gasteiger partial charge in [0.05, 0.1) is 12.3 Å². The highest BCUT2D eigenvalue weighted by Gasteiger charge is 2.05. The van der Waals surface area contributed by atoms with Crippen LogP contribution in [0, 0.1) is 20.8 Å². The zero-order valence-electron chi connectivity index (χ0n) is 13.1. The van der Waals surface area contributed by atoms with E-state index < -0.39 is 0 Å². The fourth-order valence-corrected chi connectivity index (χ4v) is 2.35. The first-order chi connectivity index (χ1) is 9.66. The normalized spacial score (nSPS) is 10.2. The van der Waals surface area contributed by atoms with E-state index in [1.54, 1.807) is 0 Å². The Morgan fingerprint density at radius 2 is 1.71 bits per heavy atom. The molecule has 1 aromatic carbocycles. The maximum atomic E-state index is 5.73. The maximum Gasteiger partial charge on any atom is 0.119 e. The summed E-state index contributed by atoms with van der Waals surface area (Å²) < 4.78 is 5.73. The Morgan fingerprint density at radius 3 is 2.33 bits per heavy atom. The minimum atomic E-state index is 0. The quantitative estimate of drug-likeness (QED) is 0.762. The Hall–Kier alpha value is -1.48. The SMILES string of the molecule is Cc1ccc(OCCCCCc2c(C)n[nH]c2C)cc1.Cl. The van der Waals surface area contributed by atoms with Crippen molar-refractivity contribution in [1.29, 1.82) is 0 Å². The molecule has 1 heterocycles. The lowest BCUT2D eigenvalue weighted by Gasteiger charge is -2.06. The highest BCUT2D eigenvalue weighted by molar-refractivity contribution is 5.85. The van der Waals surface area contributed by atoms with Crippen molar-refractivity contribution >= 4 is 12.4 Å². The van der Waals surface area contributed by atoms with E-state index in [0.29, 0.717) is 0 Å². The molecule has 0 aliphatic carbocycles. The van der Waals surface area contributed by atoms with Gasteiger partial charge < -0.3 is 4.74 Å². The van der Waals surface area contributed by atoms with Crippen molar-refractivity contribution in [2.24, 2.45) is 0 Å². The smallest absolute Gasteiger partial charge is 0.119 e. The van der Waals surface area contributed by atoms with Crippen LogP contribution in [0.4, 0.5) is 0 Å². The summed E-state index contributed by atoms with van der Waals surface area (Å²) in [7, 11) is 0. The lowest BCUT2D eigenvalue weighted by Crippen LogP contribution is -1.98. The molecule has 0 aliphatic heterocycles. The molecule has 0 aliphatic rings. The number of hydrogen-bond donors (Lipinski definition) is 1. The Morgan fingerprint density at radius 1 is 1.00 bits per heavy atom. The van der Waals surface area contributed by atoms with Gasteiger partial charge in [-0.2, -0.15) is 5.10 Å². The number of unbranched alkanes of at least 4 members (excludes halogenated alkanes) is 2. The number of halogens is 1. The van der Waals surface area contributed by atoms with Gasteiger partial charge in [-0.1, -0.05) is 17.7 Å². The fourth-order valence-electron chi connectivity index (χ4n) is 2.35. The standard InChI is InChI=1S/C17H24N2O.ClH/c1-13-8-10-16(11-9-13)20-12-6-4-5-7-17-14(2)18-19-15(17)3;/h8-11H,4-7,12H2,1-3H3,(H,18,19);1H. The van der Waals surface area contributed by atoms with Gasteiger partial charge in [-0.15, -0.1) is 12.4 Å². The third-order valence-corrected chi connectivity index (χ3v) is 3.64. The predicted molar refractivity (Wildman–Crippen MR) is 89.5 cm³/mol. The lowest BCUT2D eigenvalue weighted by molar-refractivity contribution is 0.305. The topological polar surface area (TPSA) is 37.9 Å². The first kappa shape index (κ1) is 17.6. The molecule has 0 spiro atoms. The monoisotopic (exact) mass is 308 g/mol. The Bertz CT molecular complexity index is 515. The summed E-state index contributed by atoms with van der Waals surface area (Å²) in [4.78, 5) is 0. The van der Waals surface area contributed by atoms with Gasteiger partial charge in [-0.25, -0.2) is 0 Å². The number of ether oxygens (including phenoxy) is 1. The lowest BCUT2D eigenvalue weighted by atomic mass is 10.1. The molecule has 0 radical (unpaired) electrons. The van der Waals surface area contributed by atoms with E-state index in [4.69, 9.17) is 4.74 Å². The number of aryl methyl sites for hydroxylation is 3. The van der Waals surface area contributed by atoms with Crippen molar-refractivity contribution in [2.75, 3.05) is 6.61 Å². The van der Waals surface area contributed by atoms with Crippen LogP contribution < -0.4 is 4.74 Å². The van der Waals surface area contributed by atoms with Crippen molar-refractivity contribution in [3.05, 3.63) is 46.8 Å². The van der Waals surface area contributed by atoms with Gasteiger partial charge in [-0.3, -0.25) is 5.10 Å². The molecule has 3 nitrogen and oxygen atoms in total. The molecule has 0 amide bonds. The molecule has 0 saturated heterocycles. The zero-order chi connectivity index (χ0) is 14.4. The Kier molecular flexibility index (Phi) is 7.30. The van der Waals surface area contributed by atoms with Crippen molar-refractivity contribution < 1.29 is 4.74 Å². The summed E-state index contributed by atoms with van der Waals surface area (Å²) in [5, 5.41) is 7.27. The van der Waals surface area contributed by atoms with Crippen LogP contribution in [-0.2, 0) is 6.42 Å². The van der Waals surface area contributed by atoms with Crippen molar-refractivity contribution in [3.8, 4) is 5.75 Å². The molecule has 2 rings (SSSR count). The van der Waals surface area contributed by atoms with Crippen molar-refractivity contribution in [1.82, 2.24) is 10.2 Å². The van der Waals surface area contributed by atoms with Crippen LogP contribution in [0.5, 0.6) is 5.75 Å². The van der Waals surface area contributed by atoms with E-state index >= 15 is 0 Å². The minimum absolute atomic E-state index is 0. The van der Waals surface area contributed by atoms with Gasteiger partial charge in [-0.05, 0) is 64.2 Å². The molecular weight excluding hydrogens is 284 g/mol. The van der Waals surface area contributed by atoms with E-state index in [0.717, 1.165) is 30.9 Å². The molecule has 0 unspecified atom stereocenters. The highest BCUT2D eigenvalue weighted by atomic mass is 35.5. The average molecular weight is 309 g/mol. The number of hydrogen-bond acceptors (Lipinski definition) is 2. The molecule has 116 valence electrons. The summed E-state index contributed by atoms with van der Waals surface area (Å²) in [6.45, 7) is 7.05. The van der Waals surface area contributed by atoms with Crippen LogP contribution in [0.15, 0.2) is 24.3 Å². The highest BCUT2D eigenvalue weighted by Crippen LogP contribution is 2.15. The number of H-pyrrole nitrogens is 1. The first-order valence-corrected chi connectivity index (χ1v) is 7.36. The zero-order valence-corrected chi connectivity index (χ0v) is 13.9. The molecule has 1 aromatic heterocycles. The van der Waals surface area contributed by atoms with E-state index in [9.17, 15) is 0 Å². The van der Waals surface area contributed by atoms with Crippen LogP contribution in [0.25, 0.3) is 0 Å². The summed E-state index contributed by atoms with van der Waals surface area (Å²) in [5.74, 6) is 0.970. The third-order valence-electron chi connectivity index (χ3n) is 3.64. The fraction of sp³-hybridized carbons (Fsp3) is 0.471.